The molecule has 1 amide bonds. The molecule has 0 aliphatic carbocycles. The maximum atomic E-state index is 12.3. The minimum atomic E-state index is -0.345. The van der Waals surface area contributed by atoms with Crippen LogP contribution in [0.3, 0.4) is 0 Å². The van der Waals surface area contributed by atoms with Crippen LogP contribution in [-0.4, -0.2) is 45.9 Å². The molecule has 114 valence electrons. The molecule has 3 aromatic rings. The highest BCUT2D eigenvalue weighted by Gasteiger charge is 2.19. The van der Waals surface area contributed by atoms with Gasteiger partial charge in [-0.1, -0.05) is 11.8 Å². The van der Waals surface area contributed by atoms with Gasteiger partial charge >= 0.3 is 0 Å². The number of carbonyl (C=O) groups excluding carboxylic acids is 1. The van der Waals surface area contributed by atoms with E-state index in [0.29, 0.717) is 22.1 Å². The standard InChI is InChI=1S/C12H14N8OS/c1-3-20-6-17-19-12(20)22-7(2)11(21)18-10-8-9(14-4-13-8)15-5-16-10/h4-7H,3H2,1-2H3,(H2,13,14,15,16,18,21)/t7-/m1/s1. The van der Waals surface area contributed by atoms with E-state index in [1.54, 1.807) is 13.3 Å². The average molecular weight is 318 g/mol. The molecule has 3 heterocycles. The molecule has 3 rings (SSSR count). The van der Waals surface area contributed by atoms with Crippen LogP contribution in [0, 0.1) is 0 Å². The molecule has 3 aromatic heterocycles. The lowest BCUT2D eigenvalue weighted by atomic mass is 10.4. The first-order valence-corrected chi connectivity index (χ1v) is 7.56. The zero-order valence-electron chi connectivity index (χ0n) is 12.0. The monoisotopic (exact) mass is 318 g/mol. The van der Waals surface area contributed by atoms with Gasteiger partial charge in [-0.3, -0.25) is 4.79 Å². The number of imidazole rings is 1. The van der Waals surface area contributed by atoms with Crippen molar-refractivity contribution in [1.29, 1.82) is 0 Å². The molecule has 0 aliphatic heterocycles. The van der Waals surface area contributed by atoms with Crippen LogP contribution in [-0.2, 0) is 11.3 Å². The Morgan fingerprint density at radius 1 is 1.45 bits per heavy atom. The fourth-order valence-electron chi connectivity index (χ4n) is 1.84. The van der Waals surface area contributed by atoms with Gasteiger partial charge in [0.1, 0.15) is 18.2 Å². The molecular formula is C12H14N8OS. The van der Waals surface area contributed by atoms with Crippen LogP contribution in [0.1, 0.15) is 13.8 Å². The zero-order chi connectivity index (χ0) is 15.5. The predicted molar refractivity (Wildman–Crippen MR) is 81.3 cm³/mol. The van der Waals surface area contributed by atoms with Gasteiger partial charge in [0.2, 0.25) is 5.91 Å². The van der Waals surface area contributed by atoms with Crippen molar-refractivity contribution < 1.29 is 4.79 Å². The van der Waals surface area contributed by atoms with Gasteiger partial charge < -0.3 is 14.9 Å². The number of aromatic amines is 1. The third kappa shape index (κ3) is 2.77. The Hall–Kier alpha value is -2.49. The maximum absolute atomic E-state index is 12.3. The lowest BCUT2D eigenvalue weighted by molar-refractivity contribution is -0.115. The van der Waals surface area contributed by atoms with E-state index in [-0.39, 0.29) is 11.2 Å². The number of anilines is 1. The van der Waals surface area contributed by atoms with Crippen LogP contribution in [0.5, 0.6) is 0 Å². The van der Waals surface area contributed by atoms with Crippen molar-refractivity contribution in [2.75, 3.05) is 5.32 Å². The second-order valence-corrected chi connectivity index (χ2v) is 5.78. The number of aromatic nitrogens is 7. The van der Waals surface area contributed by atoms with Crippen molar-refractivity contribution in [2.24, 2.45) is 0 Å². The van der Waals surface area contributed by atoms with E-state index < -0.39 is 0 Å². The first-order chi connectivity index (χ1) is 10.7. The number of amides is 1. The SMILES string of the molecule is CCn1cnnc1S[C@H](C)C(=O)Nc1ncnc2nc[nH]c12. The normalized spacial score (nSPS) is 12.5. The van der Waals surface area contributed by atoms with Crippen LogP contribution in [0.2, 0.25) is 0 Å². The van der Waals surface area contributed by atoms with Gasteiger partial charge in [0.15, 0.2) is 16.6 Å². The molecule has 0 fully saturated rings. The summed E-state index contributed by atoms with van der Waals surface area (Å²) < 4.78 is 1.88. The van der Waals surface area contributed by atoms with Gasteiger partial charge in [-0.05, 0) is 13.8 Å². The van der Waals surface area contributed by atoms with E-state index >= 15 is 0 Å². The average Bonchev–Trinajstić information content (AvgIpc) is 3.16. The molecule has 1 atom stereocenters. The number of carbonyl (C=O) groups is 1. The summed E-state index contributed by atoms with van der Waals surface area (Å²) in [5, 5.41) is 11.0. The Bertz CT molecular complexity index is 797. The zero-order valence-corrected chi connectivity index (χ0v) is 12.8. The Morgan fingerprint density at radius 3 is 3.14 bits per heavy atom. The van der Waals surface area contributed by atoms with Crippen molar-refractivity contribution in [1.82, 2.24) is 34.7 Å². The van der Waals surface area contributed by atoms with Gasteiger partial charge in [0.25, 0.3) is 0 Å². The van der Waals surface area contributed by atoms with Crippen molar-refractivity contribution in [3.63, 3.8) is 0 Å². The largest absolute Gasteiger partial charge is 0.340 e. The summed E-state index contributed by atoms with van der Waals surface area (Å²) in [5.74, 6) is 0.238. The Labute approximate surface area is 130 Å². The highest BCUT2D eigenvalue weighted by Crippen LogP contribution is 2.22. The molecule has 2 N–H and O–H groups in total. The predicted octanol–water partition coefficient (Wildman–Crippen LogP) is 1.08. The lowest BCUT2D eigenvalue weighted by Gasteiger charge is -2.11. The lowest BCUT2D eigenvalue weighted by Crippen LogP contribution is -2.23. The number of nitrogens with one attached hydrogen (secondary N) is 2. The Morgan fingerprint density at radius 2 is 2.32 bits per heavy atom. The Balaban J connectivity index is 1.72. The number of H-pyrrole nitrogens is 1. The smallest absolute Gasteiger partial charge is 0.238 e. The van der Waals surface area contributed by atoms with Gasteiger partial charge in [-0.25, -0.2) is 15.0 Å². The quantitative estimate of drug-likeness (QED) is 0.676. The molecule has 10 heteroatoms. The molecule has 0 bridgehead atoms. The van der Waals surface area contributed by atoms with Gasteiger partial charge in [0.05, 0.1) is 11.6 Å². The molecule has 22 heavy (non-hydrogen) atoms. The van der Waals surface area contributed by atoms with Crippen molar-refractivity contribution in [3.8, 4) is 0 Å². The maximum Gasteiger partial charge on any atom is 0.238 e. The summed E-state index contributed by atoms with van der Waals surface area (Å²) in [4.78, 5) is 27.3. The highest BCUT2D eigenvalue weighted by atomic mass is 32.2. The van der Waals surface area contributed by atoms with E-state index in [0.717, 1.165) is 6.54 Å². The first-order valence-electron chi connectivity index (χ1n) is 6.68. The summed E-state index contributed by atoms with van der Waals surface area (Å²) in [6.45, 7) is 4.55. The molecule has 0 radical (unpaired) electrons. The fraction of sp³-hybridized carbons (Fsp3) is 0.333. The highest BCUT2D eigenvalue weighted by molar-refractivity contribution is 8.00. The Kier molecular flexibility index (Phi) is 4.00. The van der Waals surface area contributed by atoms with Crippen LogP contribution in [0.25, 0.3) is 11.2 Å². The number of aryl methyl sites for hydroxylation is 1. The van der Waals surface area contributed by atoms with Crippen molar-refractivity contribution >= 4 is 34.7 Å². The number of hydrogen-bond acceptors (Lipinski definition) is 7. The van der Waals surface area contributed by atoms with Gasteiger partial charge in [-0.2, -0.15) is 0 Å². The fourth-order valence-corrected chi connectivity index (χ4v) is 2.73. The molecule has 0 aromatic carbocycles. The minimum absolute atomic E-state index is 0.176. The van der Waals surface area contributed by atoms with Gasteiger partial charge in [-0.15, -0.1) is 10.2 Å². The van der Waals surface area contributed by atoms with E-state index in [9.17, 15) is 4.79 Å². The van der Waals surface area contributed by atoms with E-state index in [1.807, 2.05) is 11.5 Å². The molecule has 0 aliphatic rings. The molecular weight excluding hydrogens is 304 g/mol. The number of thioether (sulfide) groups is 1. The minimum Gasteiger partial charge on any atom is -0.340 e. The molecule has 0 unspecified atom stereocenters. The van der Waals surface area contributed by atoms with E-state index in [2.05, 4.69) is 35.5 Å². The number of fused-ring (bicyclic) bond motifs is 1. The van der Waals surface area contributed by atoms with Crippen LogP contribution < -0.4 is 5.32 Å². The summed E-state index contributed by atoms with van der Waals surface area (Å²) in [6.07, 6.45) is 4.52. The second-order valence-electron chi connectivity index (χ2n) is 4.47. The first kappa shape index (κ1) is 14.4. The molecule has 0 spiro atoms. The molecule has 0 saturated carbocycles. The number of hydrogen-bond donors (Lipinski definition) is 2. The van der Waals surface area contributed by atoms with Crippen LogP contribution in [0.15, 0.2) is 24.1 Å². The van der Waals surface area contributed by atoms with Crippen LogP contribution >= 0.6 is 11.8 Å². The molecule has 0 saturated heterocycles. The van der Waals surface area contributed by atoms with E-state index in [1.165, 1.54) is 24.4 Å². The van der Waals surface area contributed by atoms with E-state index in [4.69, 9.17) is 0 Å². The number of rotatable bonds is 5. The summed E-state index contributed by atoms with van der Waals surface area (Å²) in [6, 6.07) is 0. The third-order valence-corrected chi connectivity index (χ3v) is 4.13. The summed E-state index contributed by atoms with van der Waals surface area (Å²) in [7, 11) is 0. The second kappa shape index (κ2) is 6.10. The van der Waals surface area contributed by atoms with Gasteiger partial charge in [0, 0.05) is 6.54 Å². The molecule has 9 nitrogen and oxygen atoms in total. The van der Waals surface area contributed by atoms with Crippen molar-refractivity contribution in [3.05, 3.63) is 19.0 Å². The summed E-state index contributed by atoms with van der Waals surface area (Å²) >= 11 is 1.34. The van der Waals surface area contributed by atoms with Crippen molar-refractivity contribution in [2.45, 2.75) is 30.8 Å². The number of nitrogens with zero attached hydrogens (tertiary/aromatic N) is 6. The topological polar surface area (TPSA) is 114 Å². The van der Waals surface area contributed by atoms with Crippen LogP contribution in [0.4, 0.5) is 5.82 Å². The summed E-state index contributed by atoms with van der Waals surface area (Å²) in [5.41, 5.74) is 1.11. The third-order valence-electron chi connectivity index (χ3n) is 3.04.